The van der Waals surface area contributed by atoms with Crippen molar-refractivity contribution in [1.29, 1.82) is 0 Å². The zero-order valence-electron chi connectivity index (χ0n) is 24.9. The Bertz CT molecular complexity index is 1240. The molecule has 0 spiro atoms. The Kier molecular flexibility index (Phi) is 8.75. The Balaban J connectivity index is 1.20. The number of nitrogens with zero attached hydrogens (tertiary/aromatic N) is 4. The van der Waals surface area contributed by atoms with Crippen molar-refractivity contribution < 1.29 is 19.4 Å². The first-order chi connectivity index (χ1) is 19.6. The number of hydrogen-bond donors (Lipinski definition) is 2. The van der Waals surface area contributed by atoms with Crippen molar-refractivity contribution in [3.8, 4) is 0 Å². The molecule has 5 rings (SSSR count). The normalized spacial score (nSPS) is 20.7. The molecule has 0 aromatic heterocycles. The van der Waals surface area contributed by atoms with Gasteiger partial charge in [-0.15, -0.1) is 0 Å². The van der Waals surface area contributed by atoms with Gasteiger partial charge in [0.2, 0.25) is 0 Å². The zero-order valence-corrected chi connectivity index (χ0v) is 24.9. The van der Waals surface area contributed by atoms with E-state index in [1.165, 1.54) is 11.1 Å². The fraction of sp³-hybridized carbons (Fsp3) is 0.562. The molecule has 1 saturated heterocycles. The van der Waals surface area contributed by atoms with Gasteiger partial charge in [0.15, 0.2) is 0 Å². The number of β-amino-alcohol motifs (C(OH)–C–C–N with tert-alkyl or cyclic N) is 1. The Morgan fingerprint density at radius 2 is 1.85 bits per heavy atom. The highest BCUT2D eigenvalue weighted by Gasteiger charge is 2.30. The van der Waals surface area contributed by atoms with Gasteiger partial charge < -0.3 is 29.9 Å². The highest BCUT2D eigenvalue weighted by atomic mass is 16.6. The second-order valence-corrected chi connectivity index (χ2v) is 12.7. The molecule has 2 amide bonds. The molecular formula is C32H45N5O4. The summed E-state index contributed by atoms with van der Waals surface area (Å²) in [7, 11) is 2.01. The molecule has 2 aromatic carbocycles. The third-order valence-corrected chi connectivity index (χ3v) is 8.19. The van der Waals surface area contributed by atoms with Crippen LogP contribution in [0.2, 0.25) is 0 Å². The Hall–Kier alpha value is -3.30. The maximum Gasteiger partial charge on any atom is 0.410 e. The number of likely N-dealkylation sites (N-methyl/N-ethyl adjacent to an activating group) is 1. The van der Waals surface area contributed by atoms with Crippen molar-refractivity contribution >= 4 is 23.4 Å². The van der Waals surface area contributed by atoms with Gasteiger partial charge in [-0.25, -0.2) is 4.79 Å². The summed E-state index contributed by atoms with van der Waals surface area (Å²) in [5.41, 5.74) is 4.65. The van der Waals surface area contributed by atoms with Crippen molar-refractivity contribution in [3.63, 3.8) is 0 Å². The van der Waals surface area contributed by atoms with Gasteiger partial charge in [-0.3, -0.25) is 9.69 Å². The van der Waals surface area contributed by atoms with Crippen LogP contribution in [0.25, 0.3) is 0 Å². The molecule has 0 radical (unpaired) electrons. The SMILES string of the molecule is CN1CCN(C[C@H](O)CN2CCc3ccccc3C2)C(=O)c2ccc(NC3CCCN(C(=O)OC(C)(C)C)C3)cc21. The number of piperidine rings is 1. The highest BCUT2D eigenvalue weighted by molar-refractivity contribution is 6.01. The molecule has 1 unspecified atom stereocenters. The van der Waals surface area contributed by atoms with E-state index in [9.17, 15) is 14.7 Å². The van der Waals surface area contributed by atoms with Crippen LogP contribution in [0.15, 0.2) is 42.5 Å². The molecule has 0 aliphatic carbocycles. The summed E-state index contributed by atoms with van der Waals surface area (Å²) in [6.07, 6.45) is 1.96. The van der Waals surface area contributed by atoms with E-state index in [1.807, 2.05) is 46.0 Å². The summed E-state index contributed by atoms with van der Waals surface area (Å²) in [5.74, 6) is -0.0484. The Labute approximate surface area is 244 Å². The highest BCUT2D eigenvalue weighted by Crippen LogP contribution is 2.29. The Morgan fingerprint density at radius 3 is 2.63 bits per heavy atom. The van der Waals surface area contributed by atoms with Crippen LogP contribution in [0, 0.1) is 0 Å². The summed E-state index contributed by atoms with van der Waals surface area (Å²) in [6, 6.07) is 14.5. The predicted octanol–water partition coefficient (Wildman–Crippen LogP) is 3.81. The van der Waals surface area contributed by atoms with Crippen molar-refractivity contribution in [1.82, 2.24) is 14.7 Å². The van der Waals surface area contributed by atoms with Crippen LogP contribution >= 0.6 is 0 Å². The summed E-state index contributed by atoms with van der Waals surface area (Å²) >= 11 is 0. The van der Waals surface area contributed by atoms with E-state index in [4.69, 9.17) is 4.74 Å². The molecule has 9 nitrogen and oxygen atoms in total. The van der Waals surface area contributed by atoms with Crippen LogP contribution in [0.3, 0.4) is 0 Å². The van der Waals surface area contributed by atoms with Crippen molar-refractivity contribution in [2.75, 3.05) is 63.1 Å². The monoisotopic (exact) mass is 563 g/mol. The number of carbonyl (C=O) groups excluding carboxylic acids is 2. The summed E-state index contributed by atoms with van der Waals surface area (Å²) in [6.45, 7) is 10.8. The first-order valence-corrected chi connectivity index (χ1v) is 14.9. The number of benzene rings is 2. The summed E-state index contributed by atoms with van der Waals surface area (Å²) in [5, 5.41) is 14.6. The van der Waals surface area contributed by atoms with Gasteiger partial charge in [0, 0.05) is 71.1 Å². The molecule has 9 heteroatoms. The maximum atomic E-state index is 13.6. The molecule has 2 atom stereocenters. The number of carbonyl (C=O) groups is 2. The third kappa shape index (κ3) is 7.32. The number of fused-ring (bicyclic) bond motifs is 2. The molecule has 3 heterocycles. The first kappa shape index (κ1) is 29.2. The van der Waals surface area contributed by atoms with Crippen LogP contribution in [-0.4, -0.2) is 102 Å². The maximum absolute atomic E-state index is 13.6. The van der Waals surface area contributed by atoms with E-state index in [0.29, 0.717) is 44.8 Å². The molecule has 1 fully saturated rings. The molecule has 3 aliphatic rings. The number of amides is 2. The standard InChI is InChI=1S/C32H45N5O4/c1-32(2,3)41-31(40)37-14-7-10-26(20-37)33-25-11-12-28-29(18-25)34(4)16-17-36(30(28)39)22-27(38)21-35-15-13-23-8-5-6-9-24(23)19-35/h5-6,8-9,11-12,18,26-27,33,38H,7,10,13-17,19-22H2,1-4H3/t26?,27-/m1/s1. The minimum Gasteiger partial charge on any atom is -0.444 e. The molecule has 0 bridgehead atoms. The molecule has 222 valence electrons. The molecule has 0 saturated carbocycles. The average Bonchev–Trinajstić information content (AvgIpc) is 3.04. The third-order valence-electron chi connectivity index (χ3n) is 8.19. The van der Waals surface area contributed by atoms with Crippen LogP contribution in [0.1, 0.15) is 55.1 Å². The van der Waals surface area contributed by atoms with Gasteiger partial charge in [0.1, 0.15) is 5.60 Å². The van der Waals surface area contributed by atoms with Gasteiger partial charge in [-0.2, -0.15) is 0 Å². The van der Waals surface area contributed by atoms with Crippen molar-refractivity contribution in [3.05, 3.63) is 59.2 Å². The fourth-order valence-corrected chi connectivity index (χ4v) is 6.10. The second kappa shape index (κ2) is 12.3. The number of likely N-dealkylation sites (tertiary alicyclic amines) is 1. The van der Waals surface area contributed by atoms with E-state index >= 15 is 0 Å². The molecule has 41 heavy (non-hydrogen) atoms. The lowest BCUT2D eigenvalue weighted by molar-refractivity contribution is 0.0206. The number of anilines is 2. The van der Waals surface area contributed by atoms with Crippen molar-refractivity contribution in [2.45, 2.75) is 64.3 Å². The minimum atomic E-state index is -0.615. The zero-order chi connectivity index (χ0) is 29.1. The van der Waals surface area contributed by atoms with E-state index in [0.717, 1.165) is 43.7 Å². The first-order valence-electron chi connectivity index (χ1n) is 14.9. The molecule has 2 aromatic rings. The smallest absolute Gasteiger partial charge is 0.410 e. The molecule has 3 aliphatic heterocycles. The van der Waals surface area contributed by atoms with Crippen LogP contribution in [0.4, 0.5) is 16.2 Å². The topological polar surface area (TPSA) is 88.6 Å². The Morgan fingerprint density at radius 1 is 1.07 bits per heavy atom. The van der Waals surface area contributed by atoms with Gasteiger partial charge in [0.25, 0.3) is 5.91 Å². The number of hydrogen-bond acceptors (Lipinski definition) is 7. The number of aliphatic hydroxyl groups is 1. The van der Waals surface area contributed by atoms with E-state index in [2.05, 4.69) is 39.4 Å². The lowest BCUT2D eigenvalue weighted by Crippen LogP contribution is -2.47. The van der Waals surface area contributed by atoms with Gasteiger partial charge in [-0.05, 0) is 69.4 Å². The second-order valence-electron chi connectivity index (χ2n) is 12.7. The number of aliphatic hydroxyl groups excluding tert-OH is 1. The largest absolute Gasteiger partial charge is 0.444 e. The lowest BCUT2D eigenvalue weighted by Gasteiger charge is -2.35. The van der Waals surface area contributed by atoms with E-state index < -0.39 is 11.7 Å². The van der Waals surface area contributed by atoms with Crippen molar-refractivity contribution in [2.24, 2.45) is 0 Å². The van der Waals surface area contributed by atoms with E-state index in [1.54, 1.807) is 9.80 Å². The van der Waals surface area contributed by atoms with Crippen LogP contribution in [0.5, 0.6) is 0 Å². The number of nitrogens with one attached hydrogen (secondary N) is 1. The number of rotatable bonds is 6. The van der Waals surface area contributed by atoms with E-state index in [-0.39, 0.29) is 18.0 Å². The van der Waals surface area contributed by atoms with Gasteiger partial charge in [-0.1, -0.05) is 24.3 Å². The fourth-order valence-electron chi connectivity index (χ4n) is 6.10. The number of ether oxygens (including phenoxy) is 1. The lowest BCUT2D eigenvalue weighted by atomic mass is 10.00. The summed E-state index contributed by atoms with van der Waals surface area (Å²) < 4.78 is 5.57. The quantitative estimate of drug-likeness (QED) is 0.553. The van der Waals surface area contributed by atoms with Gasteiger partial charge >= 0.3 is 6.09 Å². The molecular weight excluding hydrogens is 518 g/mol. The van der Waals surface area contributed by atoms with Crippen LogP contribution in [-0.2, 0) is 17.7 Å². The molecule has 2 N–H and O–H groups in total. The van der Waals surface area contributed by atoms with Gasteiger partial charge in [0.05, 0.1) is 17.4 Å². The minimum absolute atomic E-state index is 0.0484. The predicted molar refractivity (Wildman–Crippen MR) is 161 cm³/mol. The van der Waals surface area contributed by atoms with Crippen LogP contribution < -0.4 is 10.2 Å². The average molecular weight is 564 g/mol. The summed E-state index contributed by atoms with van der Waals surface area (Å²) in [4.78, 5) is 34.2.